The van der Waals surface area contributed by atoms with E-state index in [1.54, 1.807) is 11.8 Å². The van der Waals surface area contributed by atoms with Gasteiger partial charge in [-0.15, -0.1) is 0 Å². The van der Waals surface area contributed by atoms with E-state index in [2.05, 4.69) is 42.5 Å². The summed E-state index contributed by atoms with van der Waals surface area (Å²) in [4.78, 5) is 16.2. The van der Waals surface area contributed by atoms with E-state index >= 15 is 0 Å². The van der Waals surface area contributed by atoms with Crippen LogP contribution in [0, 0.1) is 0 Å². The molecule has 4 nitrogen and oxygen atoms in total. The van der Waals surface area contributed by atoms with Gasteiger partial charge in [0.1, 0.15) is 0 Å². The molecule has 0 aliphatic carbocycles. The van der Waals surface area contributed by atoms with Crippen molar-refractivity contribution < 1.29 is 15.0 Å². The topological polar surface area (TPSA) is 70.4 Å². The van der Waals surface area contributed by atoms with Crippen molar-refractivity contribution in [1.82, 2.24) is 4.98 Å². The number of hydrogen-bond donors (Lipinski definition) is 2. The first-order valence-corrected chi connectivity index (χ1v) is 14.7. The average molecular weight is 562 g/mol. The van der Waals surface area contributed by atoms with Crippen LogP contribution in [0.3, 0.4) is 0 Å². The number of hydrogen-bond acceptors (Lipinski definition) is 4. The molecule has 0 radical (unpaired) electrons. The van der Waals surface area contributed by atoms with Crippen LogP contribution >= 0.6 is 23.4 Å². The maximum Gasteiger partial charge on any atom is 0.304 e. The lowest BCUT2D eigenvalue weighted by Gasteiger charge is -2.24. The summed E-state index contributed by atoms with van der Waals surface area (Å²) in [6.45, 7) is 5.61. The van der Waals surface area contributed by atoms with Gasteiger partial charge < -0.3 is 10.2 Å². The number of benzene rings is 3. The molecule has 6 heteroatoms. The molecule has 0 spiro atoms. The highest BCUT2D eigenvalue weighted by atomic mass is 35.5. The van der Waals surface area contributed by atoms with Crippen LogP contribution in [0.15, 0.2) is 78.9 Å². The van der Waals surface area contributed by atoms with E-state index < -0.39 is 11.6 Å². The monoisotopic (exact) mass is 561 g/mol. The number of fused-ring (bicyclic) bond motifs is 1. The third-order valence-corrected chi connectivity index (χ3v) is 8.62. The van der Waals surface area contributed by atoms with Crippen LogP contribution < -0.4 is 0 Å². The number of carboxylic acids is 1. The maximum absolute atomic E-state index is 11.4. The van der Waals surface area contributed by atoms with E-state index in [1.165, 1.54) is 11.1 Å². The van der Waals surface area contributed by atoms with Crippen LogP contribution in [0.5, 0.6) is 0 Å². The molecule has 204 valence electrons. The summed E-state index contributed by atoms with van der Waals surface area (Å²) < 4.78 is 0. The van der Waals surface area contributed by atoms with Gasteiger partial charge in [-0.05, 0) is 80.0 Å². The van der Waals surface area contributed by atoms with E-state index in [1.807, 2.05) is 57.2 Å². The van der Waals surface area contributed by atoms with Gasteiger partial charge in [0.05, 0.1) is 17.5 Å². The molecule has 0 saturated carbocycles. The lowest BCUT2D eigenvalue weighted by atomic mass is 9.90. The second-order valence-electron chi connectivity index (χ2n) is 10.7. The summed E-state index contributed by atoms with van der Waals surface area (Å²) >= 11 is 7.88. The maximum atomic E-state index is 11.4. The Bertz CT molecular complexity index is 1430. The fourth-order valence-corrected chi connectivity index (χ4v) is 6.53. The van der Waals surface area contributed by atoms with Crippen LogP contribution in [-0.4, -0.2) is 26.4 Å². The summed E-state index contributed by atoms with van der Waals surface area (Å²) in [6, 6.07) is 26.6. The molecule has 39 heavy (non-hydrogen) atoms. The van der Waals surface area contributed by atoms with Crippen molar-refractivity contribution in [3.8, 4) is 0 Å². The number of nitrogens with zero attached hydrogens (tertiary/aromatic N) is 1. The number of aromatic nitrogens is 1. The molecule has 4 aromatic rings. The number of thioether (sulfide) groups is 1. The van der Waals surface area contributed by atoms with E-state index in [0.29, 0.717) is 5.02 Å². The minimum Gasteiger partial charge on any atom is -0.481 e. The summed E-state index contributed by atoms with van der Waals surface area (Å²) in [5, 5.41) is 21.9. The van der Waals surface area contributed by atoms with Crippen LogP contribution in [-0.2, 0) is 29.7 Å². The van der Waals surface area contributed by atoms with Gasteiger partial charge in [0, 0.05) is 26.6 Å². The summed E-state index contributed by atoms with van der Waals surface area (Å²) in [5.74, 6) is -0.779. The van der Waals surface area contributed by atoms with Crippen molar-refractivity contribution in [2.45, 2.75) is 69.0 Å². The minimum absolute atomic E-state index is 0.0192. The van der Waals surface area contributed by atoms with Gasteiger partial charge in [0.25, 0.3) is 0 Å². The Hall–Kier alpha value is -2.86. The summed E-state index contributed by atoms with van der Waals surface area (Å²) in [6.07, 6.45) is 3.44. The van der Waals surface area contributed by atoms with E-state index in [4.69, 9.17) is 16.6 Å². The number of aliphatic carboxylic acids is 1. The number of pyridine rings is 1. The molecule has 2 unspecified atom stereocenters. The van der Waals surface area contributed by atoms with Gasteiger partial charge in [-0.3, -0.25) is 9.78 Å². The number of carbonyl (C=O) groups is 1. The zero-order chi connectivity index (χ0) is 28.0. The normalized spacial score (nSPS) is 13.4. The van der Waals surface area contributed by atoms with Crippen molar-refractivity contribution in [3.05, 3.63) is 112 Å². The fraction of sp³-hybridized carbons (Fsp3) is 0.333. The van der Waals surface area contributed by atoms with Crippen molar-refractivity contribution in [1.29, 1.82) is 0 Å². The number of rotatable bonds is 12. The van der Waals surface area contributed by atoms with E-state index in [0.717, 1.165) is 53.4 Å². The average Bonchev–Trinajstić information content (AvgIpc) is 2.89. The van der Waals surface area contributed by atoms with Crippen LogP contribution in [0.2, 0.25) is 5.02 Å². The van der Waals surface area contributed by atoms with Gasteiger partial charge in [-0.25, -0.2) is 0 Å². The number of aliphatic hydroxyl groups is 1. The van der Waals surface area contributed by atoms with Crippen molar-refractivity contribution in [3.63, 3.8) is 0 Å². The first-order chi connectivity index (χ1) is 18.6. The molecule has 0 aliphatic rings. The lowest BCUT2D eigenvalue weighted by molar-refractivity contribution is -0.136. The SMILES string of the molecule is CC(CC(=O)O)SC(CCc1ccccc1C(C)(C)O)c1cccc(CCc2ccc3ccc(Cl)cc3n2)c1. The highest BCUT2D eigenvalue weighted by molar-refractivity contribution is 8.00. The molecule has 2 atom stereocenters. The molecule has 2 N–H and O–H groups in total. The van der Waals surface area contributed by atoms with Crippen molar-refractivity contribution >= 4 is 40.2 Å². The number of aryl methyl sites for hydroxylation is 3. The van der Waals surface area contributed by atoms with Crippen LogP contribution in [0.25, 0.3) is 10.9 Å². The molecule has 4 rings (SSSR count). The van der Waals surface area contributed by atoms with Gasteiger partial charge in [0.2, 0.25) is 0 Å². The highest BCUT2D eigenvalue weighted by Gasteiger charge is 2.22. The predicted octanol–water partition coefficient (Wildman–Crippen LogP) is 8.17. The fourth-order valence-electron chi connectivity index (χ4n) is 5.00. The molecule has 0 saturated heterocycles. The van der Waals surface area contributed by atoms with Gasteiger partial charge in [-0.2, -0.15) is 11.8 Å². The molecule has 0 aliphatic heterocycles. The lowest BCUT2D eigenvalue weighted by Crippen LogP contribution is -2.18. The second kappa shape index (κ2) is 13.0. The predicted molar refractivity (Wildman–Crippen MR) is 163 cm³/mol. The van der Waals surface area contributed by atoms with Crippen molar-refractivity contribution in [2.24, 2.45) is 0 Å². The molecule has 0 bridgehead atoms. The molecule has 3 aromatic carbocycles. The first-order valence-electron chi connectivity index (χ1n) is 13.4. The Balaban J connectivity index is 1.52. The molecule has 0 amide bonds. The zero-order valence-corrected chi connectivity index (χ0v) is 24.3. The standard InChI is InChI=1S/C33H36ClNO3S/c1-22(19-32(36)37)39-31(18-14-24-8-4-5-10-29(24)33(2,3)38)26-9-6-7-23(20-26)11-16-28-17-13-25-12-15-27(34)21-30(25)35-28/h4-10,12-13,15,17,20-22,31,38H,11,14,16,18-19H2,1-3H3,(H,36,37). The third-order valence-electron chi connectivity index (χ3n) is 6.92. The number of carboxylic acid groups (broad SMARTS) is 1. The molecular formula is C33H36ClNO3S. The number of halogens is 1. The van der Waals surface area contributed by atoms with Gasteiger partial charge >= 0.3 is 5.97 Å². The molecule has 1 aromatic heterocycles. The Morgan fingerprint density at radius 2 is 1.74 bits per heavy atom. The quantitative estimate of drug-likeness (QED) is 0.182. The smallest absolute Gasteiger partial charge is 0.304 e. The zero-order valence-electron chi connectivity index (χ0n) is 22.7. The van der Waals surface area contributed by atoms with Gasteiger partial charge in [0.15, 0.2) is 0 Å². The van der Waals surface area contributed by atoms with Crippen LogP contribution in [0.1, 0.15) is 66.8 Å². The Morgan fingerprint density at radius 3 is 2.51 bits per heavy atom. The van der Waals surface area contributed by atoms with Crippen molar-refractivity contribution in [2.75, 3.05) is 0 Å². The van der Waals surface area contributed by atoms with Crippen LogP contribution in [0.4, 0.5) is 0 Å². The molecular weight excluding hydrogens is 526 g/mol. The Morgan fingerprint density at radius 1 is 0.974 bits per heavy atom. The Labute approximate surface area is 240 Å². The Kier molecular flexibility index (Phi) is 9.71. The van der Waals surface area contributed by atoms with E-state index in [9.17, 15) is 15.0 Å². The second-order valence-corrected chi connectivity index (χ2v) is 12.8. The summed E-state index contributed by atoms with van der Waals surface area (Å²) in [7, 11) is 0. The molecule has 0 fully saturated rings. The minimum atomic E-state index is -0.919. The highest BCUT2D eigenvalue weighted by Crippen LogP contribution is 2.38. The van der Waals surface area contributed by atoms with E-state index in [-0.39, 0.29) is 16.9 Å². The first kappa shape index (κ1) is 29.1. The summed E-state index contributed by atoms with van der Waals surface area (Å²) in [5.41, 5.74) is 5.51. The third kappa shape index (κ3) is 8.31. The largest absolute Gasteiger partial charge is 0.481 e. The molecule has 1 heterocycles. The van der Waals surface area contributed by atoms with Gasteiger partial charge in [-0.1, -0.05) is 79.2 Å².